The molecule has 0 atom stereocenters. The predicted molar refractivity (Wildman–Crippen MR) is 98.7 cm³/mol. The van der Waals surface area contributed by atoms with Gasteiger partial charge in [0.1, 0.15) is 5.75 Å². The smallest absolute Gasteiger partial charge is 0.255 e. The number of anilines is 1. The van der Waals surface area contributed by atoms with Crippen LogP contribution >= 0.6 is 11.6 Å². The summed E-state index contributed by atoms with van der Waals surface area (Å²) in [5.74, 6) is 0.429. The second-order valence-corrected chi connectivity index (χ2v) is 7.73. The van der Waals surface area contributed by atoms with Crippen LogP contribution in [0.15, 0.2) is 42.5 Å². The van der Waals surface area contributed by atoms with Gasteiger partial charge < -0.3 is 9.64 Å². The molecule has 2 rings (SSSR count). The molecule has 0 saturated carbocycles. The Morgan fingerprint density at radius 1 is 1.20 bits per heavy atom. The van der Waals surface area contributed by atoms with E-state index in [1.54, 1.807) is 14.2 Å². The Labute approximate surface area is 152 Å². The van der Waals surface area contributed by atoms with Crippen LogP contribution in [0.3, 0.4) is 0 Å². The van der Waals surface area contributed by atoms with E-state index in [1.807, 2.05) is 24.3 Å². The number of carbonyl (C=O) groups excluding carboxylic acids is 1. The summed E-state index contributed by atoms with van der Waals surface area (Å²) in [5, 5.41) is 0.255. The van der Waals surface area contributed by atoms with Crippen molar-refractivity contribution in [3.8, 4) is 5.75 Å². The number of carbonyl (C=O) groups is 1. The number of methoxy groups -OCH3 is 1. The molecule has 8 heteroatoms. The number of benzene rings is 2. The van der Waals surface area contributed by atoms with Crippen LogP contribution in [0.5, 0.6) is 5.75 Å². The molecule has 0 aromatic heterocycles. The van der Waals surface area contributed by atoms with Crippen molar-refractivity contribution in [1.29, 1.82) is 0 Å². The van der Waals surface area contributed by atoms with Crippen LogP contribution in [-0.2, 0) is 16.6 Å². The summed E-state index contributed by atoms with van der Waals surface area (Å²) in [7, 11) is -0.198. The van der Waals surface area contributed by atoms with Crippen molar-refractivity contribution in [1.82, 2.24) is 4.90 Å². The number of nitrogens with zero attached hydrogens (tertiary/aromatic N) is 1. The Balaban J connectivity index is 2.18. The summed E-state index contributed by atoms with van der Waals surface area (Å²) in [5.41, 5.74) is 1.44. The third kappa shape index (κ3) is 5.37. The molecule has 0 aliphatic carbocycles. The lowest BCUT2D eigenvalue weighted by Crippen LogP contribution is -2.26. The Hall–Kier alpha value is -2.25. The predicted octanol–water partition coefficient (Wildman–Crippen LogP) is 2.99. The molecule has 2 aromatic rings. The average Bonchev–Trinajstić information content (AvgIpc) is 2.55. The first kappa shape index (κ1) is 19.1. The summed E-state index contributed by atoms with van der Waals surface area (Å²) in [6, 6.07) is 11.8. The number of hydrogen-bond acceptors (Lipinski definition) is 4. The number of hydrogen-bond donors (Lipinski definition) is 1. The van der Waals surface area contributed by atoms with Crippen molar-refractivity contribution >= 4 is 33.2 Å². The minimum atomic E-state index is -3.44. The molecule has 6 nitrogen and oxygen atoms in total. The van der Waals surface area contributed by atoms with Crippen LogP contribution < -0.4 is 9.46 Å². The standard InChI is InChI=1S/C17H19ClN2O4S/c1-20(11-12-4-7-14(24-2)8-5-12)17(21)15-10-13(6-9-16(15)18)19-25(3,22)23/h4-10,19H,11H2,1-3H3. The molecule has 1 N–H and O–H groups in total. The number of sulfonamides is 1. The van der Waals surface area contributed by atoms with Gasteiger partial charge in [-0.3, -0.25) is 9.52 Å². The summed E-state index contributed by atoms with van der Waals surface area (Å²) in [6.45, 7) is 0.378. The SMILES string of the molecule is COc1ccc(CN(C)C(=O)c2cc(NS(C)(=O)=O)ccc2Cl)cc1. The van der Waals surface area contributed by atoms with Crippen LogP contribution in [0.4, 0.5) is 5.69 Å². The zero-order valence-corrected chi connectivity index (χ0v) is 15.7. The van der Waals surface area contributed by atoms with Gasteiger partial charge in [-0.05, 0) is 35.9 Å². The molecule has 0 heterocycles. The van der Waals surface area contributed by atoms with Gasteiger partial charge in [0.05, 0.1) is 24.0 Å². The molecule has 0 aliphatic rings. The lowest BCUT2D eigenvalue weighted by molar-refractivity contribution is 0.0785. The maximum absolute atomic E-state index is 12.7. The second kappa shape index (κ2) is 7.76. The Morgan fingerprint density at radius 2 is 1.84 bits per heavy atom. The quantitative estimate of drug-likeness (QED) is 0.833. The minimum Gasteiger partial charge on any atom is -0.497 e. The topological polar surface area (TPSA) is 75.7 Å². The lowest BCUT2D eigenvalue weighted by Gasteiger charge is -2.19. The maximum Gasteiger partial charge on any atom is 0.255 e. The first-order valence-electron chi connectivity index (χ1n) is 7.35. The number of ether oxygens (including phenoxy) is 1. The van der Waals surface area contributed by atoms with Crippen molar-refractivity contribution < 1.29 is 17.9 Å². The van der Waals surface area contributed by atoms with Crippen molar-refractivity contribution in [2.45, 2.75) is 6.54 Å². The molecular formula is C17H19ClN2O4S. The zero-order chi connectivity index (χ0) is 18.6. The second-order valence-electron chi connectivity index (χ2n) is 5.58. The monoisotopic (exact) mass is 382 g/mol. The number of halogens is 1. The first-order valence-corrected chi connectivity index (χ1v) is 9.62. The number of amides is 1. The van der Waals surface area contributed by atoms with Gasteiger partial charge >= 0.3 is 0 Å². The molecule has 0 unspecified atom stereocenters. The summed E-state index contributed by atoms with van der Waals surface area (Å²) < 4.78 is 30.1. The van der Waals surface area contributed by atoms with E-state index in [4.69, 9.17) is 16.3 Å². The van der Waals surface area contributed by atoms with Gasteiger partial charge in [-0.1, -0.05) is 23.7 Å². The highest BCUT2D eigenvalue weighted by atomic mass is 35.5. The normalized spacial score (nSPS) is 11.0. The zero-order valence-electron chi connectivity index (χ0n) is 14.1. The molecule has 1 amide bonds. The van der Waals surface area contributed by atoms with Crippen molar-refractivity contribution in [3.05, 3.63) is 58.6 Å². The Morgan fingerprint density at radius 3 is 2.40 bits per heavy atom. The Bertz CT molecular complexity index is 867. The van der Waals surface area contributed by atoms with Crippen molar-refractivity contribution in [2.75, 3.05) is 25.1 Å². The van der Waals surface area contributed by atoms with Crippen LogP contribution in [0.1, 0.15) is 15.9 Å². The number of rotatable bonds is 6. The summed E-state index contributed by atoms with van der Waals surface area (Å²) in [6.07, 6.45) is 1.04. The lowest BCUT2D eigenvalue weighted by atomic mass is 10.1. The molecule has 0 saturated heterocycles. The third-order valence-corrected chi connectivity index (χ3v) is 4.36. The Kier molecular flexibility index (Phi) is 5.92. The highest BCUT2D eigenvalue weighted by Gasteiger charge is 2.17. The fourth-order valence-electron chi connectivity index (χ4n) is 2.25. The van der Waals surface area contributed by atoms with E-state index in [-0.39, 0.29) is 22.2 Å². The third-order valence-electron chi connectivity index (χ3n) is 3.43. The fourth-order valence-corrected chi connectivity index (χ4v) is 3.00. The largest absolute Gasteiger partial charge is 0.497 e. The molecule has 0 radical (unpaired) electrons. The van der Waals surface area contributed by atoms with Crippen LogP contribution in [-0.4, -0.2) is 39.6 Å². The fraction of sp³-hybridized carbons (Fsp3) is 0.235. The van der Waals surface area contributed by atoms with Crippen molar-refractivity contribution in [3.63, 3.8) is 0 Å². The van der Waals surface area contributed by atoms with E-state index < -0.39 is 10.0 Å². The van der Waals surface area contributed by atoms with E-state index in [1.165, 1.54) is 23.1 Å². The van der Waals surface area contributed by atoms with Gasteiger partial charge in [0.25, 0.3) is 5.91 Å². The van der Waals surface area contributed by atoms with Gasteiger partial charge in [-0.2, -0.15) is 0 Å². The van der Waals surface area contributed by atoms with E-state index in [0.717, 1.165) is 17.6 Å². The molecule has 134 valence electrons. The van der Waals surface area contributed by atoms with Crippen LogP contribution in [0.2, 0.25) is 5.02 Å². The van der Waals surface area contributed by atoms with Crippen LogP contribution in [0.25, 0.3) is 0 Å². The maximum atomic E-state index is 12.7. The number of nitrogens with one attached hydrogen (secondary N) is 1. The highest BCUT2D eigenvalue weighted by Crippen LogP contribution is 2.23. The molecule has 0 aliphatic heterocycles. The van der Waals surface area contributed by atoms with E-state index in [9.17, 15) is 13.2 Å². The highest BCUT2D eigenvalue weighted by molar-refractivity contribution is 7.92. The van der Waals surface area contributed by atoms with Gasteiger partial charge in [0.15, 0.2) is 0 Å². The molecular weight excluding hydrogens is 364 g/mol. The molecule has 0 bridgehead atoms. The molecule has 0 spiro atoms. The molecule has 25 heavy (non-hydrogen) atoms. The van der Waals surface area contributed by atoms with E-state index in [0.29, 0.717) is 6.54 Å². The minimum absolute atomic E-state index is 0.228. The van der Waals surface area contributed by atoms with Crippen LogP contribution in [0, 0.1) is 0 Å². The summed E-state index contributed by atoms with van der Waals surface area (Å²) in [4.78, 5) is 14.2. The van der Waals surface area contributed by atoms with Crippen molar-refractivity contribution in [2.24, 2.45) is 0 Å². The molecule has 2 aromatic carbocycles. The van der Waals surface area contributed by atoms with Gasteiger partial charge in [0.2, 0.25) is 10.0 Å². The van der Waals surface area contributed by atoms with E-state index in [2.05, 4.69) is 4.72 Å². The van der Waals surface area contributed by atoms with Gasteiger partial charge in [-0.25, -0.2) is 8.42 Å². The van der Waals surface area contributed by atoms with E-state index >= 15 is 0 Å². The average molecular weight is 383 g/mol. The van der Waals surface area contributed by atoms with Gasteiger partial charge in [0, 0.05) is 19.3 Å². The first-order chi connectivity index (χ1) is 11.7. The molecule has 0 fully saturated rings. The summed E-state index contributed by atoms with van der Waals surface area (Å²) >= 11 is 6.11. The van der Waals surface area contributed by atoms with Gasteiger partial charge in [-0.15, -0.1) is 0 Å².